The maximum absolute atomic E-state index is 11.6. The SMILES string of the molecule is CCCn1c(Sc2ccc(C(C)NC)cn2)n[nH]c1=O. The van der Waals surface area contributed by atoms with Crippen molar-refractivity contribution >= 4 is 11.8 Å². The molecule has 0 saturated carbocycles. The average molecular weight is 293 g/mol. The zero-order valence-corrected chi connectivity index (χ0v) is 12.7. The first kappa shape index (κ1) is 14.8. The van der Waals surface area contributed by atoms with Crippen molar-refractivity contribution in [3.63, 3.8) is 0 Å². The van der Waals surface area contributed by atoms with Gasteiger partial charge >= 0.3 is 5.69 Å². The van der Waals surface area contributed by atoms with Crippen molar-refractivity contribution in [3.8, 4) is 0 Å². The molecule has 1 atom stereocenters. The molecular formula is C13H19N5OS. The minimum atomic E-state index is -0.172. The smallest absolute Gasteiger partial charge is 0.313 e. The topological polar surface area (TPSA) is 75.6 Å². The predicted octanol–water partition coefficient (Wildman–Crippen LogP) is 1.81. The summed E-state index contributed by atoms with van der Waals surface area (Å²) < 4.78 is 1.64. The fourth-order valence-corrected chi connectivity index (χ4v) is 2.57. The van der Waals surface area contributed by atoms with Crippen LogP contribution in [0.3, 0.4) is 0 Å². The van der Waals surface area contributed by atoms with Crippen LogP contribution in [-0.2, 0) is 6.54 Å². The molecule has 0 aliphatic heterocycles. The van der Waals surface area contributed by atoms with E-state index in [0.29, 0.717) is 11.7 Å². The van der Waals surface area contributed by atoms with Gasteiger partial charge in [0.15, 0.2) is 5.16 Å². The van der Waals surface area contributed by atoms with E-state index in [2.05, 4.69) is 27.4 Å². The molecule has 0 aromatic carbocycles. The number of aromatic amines is 1. The number of rotatable bonds is 6. The molecule has 7 heteroatoms. The van der Waals surface area contributed by atoms with Gasteiger partial charge in [-0.1, -0.05) is 13.0 Å². The number of pyridine rings is 1. The number of hydrogen-bond donors (Lipinski definition) is 2. The van der Waals surface area contributed by atoms with Gasteiger partial charge in [0.25, 0.3) is 0 Å². The molecule has 0 aliphatic carbocycles. The minimum absolute atomic E-state index is 0.172. The van der Waals surface area contributed by atoms with Gasteiger partial charge in [-0.2, -0.15) is 0 Å². The van der Waals surface area contributed by atoms with Crippen LogP contribution in [0.4, 0.5) is 0 Å². The molecule has 0 bridgehead atoms. The molecule has 0 saturated heterocycles. The maximum atomic E-state index is 11.6. The van der Waals surface area contributed by atoms with E-state index in [-0.39, 0.29) is 11.7 Å². The Morgan fingerprint density at radius 1 is 1.50 bits per heavy atom. The van der Waals surface area contributed by atoms with Crippen molar-refractivity contribution in [2.75, 3.05) is 7.05 Å². The van der Waals surface area contributed by atoms with Crippen LogP contribution < -0.4 is 11.0 Å². The monoisotopic (exact) mass is 293 g/mol. The molecule has 2 N–H and O–H groups in total. The second-order valence-electron chi connectivity index (χ2n) is 4.51. The molecule has 0 aliphatic rings. The third kappa shape index (κ3) is 3.29. The lowest BCUT2D eigenvalue weighted by Crippen LogP contribution is -2.17. The van der Waals surface area contributed by atoms with Crippen molar-refractivity contribution in [3.05, 3.63) is 34.4 Å². The largest absolute Gasteiger partial charge is 0.343 e. The first-order chi connectivity index (χ1) is 9.65. The summed E-state index contributed by atoms with van der Waals surface area (Å²) in [5.74, 6) is 0. The summed E-state index contributed by atoms with van der Waals surface area (Å²) in [6.07, 6.45) is 2.73. The predicted molar refractivity (Wildman–Crippen MR) is 79.0 cm³/mol. The first-order valence-corrected chi connectivity index (χ1v) is 7.43. The van der Waals surface area contributed by atoms with Crippen molar-refractivity contribution < 1.29 is 0 Å². The minimum Gasteiger partial charge on any atom is -0.313 e. The van der Waals surface area contributed by atoms with Crippen LogP contribution in [0.1, 0.15) is 31.9 Å². The molecule has 20 heavy (non-hydrogen) atoms. The summed E-state index contributed by atoms with van der Waals surface area (Å²) in [5.41, 5.74) is 0.958. The van der Waals surface area contributed by atoms with Crippen molar-refractivity contribution in [2.45, 2.75) is 43.0 Å². The molecule has 0 amide bonds. The lowest BCUT2D eigenvalue weighted by Gasteiger charge is -2.10. The van der Waals surface area contributed by atoms with Gasteiger partial charge in [0, 0.05) is 18.8 Å². The summed E-state index contributed by atoms with van der Waals surface area (Å²) in [7, 11) is 1.92. The van der Waals surface area contributed by atoms with Gasteiger partial charge in [-0.05, 0) is 43.8 Å². The molecule has 0 spiro atoms. The van der Waals surface area contributed by atoms with E-state index in [1.165, 1.54) is 11.8 Å². The number of nitrogens with one attached hydrogen (secondary N) is 2. The van der Waals surface area contributed by atoms with Crippen LogP contribution >= 0.6 is 11.8 Å². The van der Waals surface area contributed by atoms with E-state index in [0.717, 1.165) is 17.0 Å². The lowest BCUT2D eigenvalue weighted by molar-refractivity contribution is 0.603. The van der Waals surface area contributed by atoms with Gasteiger partial charge in [-0.15, -0.1) is 5.10 Å². The van der Waals surface area contributed by atoms with Crippen molar-refractivity contribution in [1.29, 1.82) is 0 Å². The van der Waals surface area contributed by atoms with Crippen molar-refractivity contribution in [1.82, 2.24) is 25.1 Å². The lowest BCUT2D eigenvalue weighted by atomic mass is 10.1. The molecular weight excluding hydrogens is 274 g/mol. The van der Waals surface area contributed by atoms with E-state index in [1.54, 1.807) is 4.57 Å². The fraction of sp³-hybridized carbons (Fsp3) is 0.462. The van der Waals surface area contributed by atoms with Gasteiger partial charge in [-0.25, -0.2) is 14.9 Å². The molecule has 2 heterocycles. The summed E-state index contributed by atoms with van der Waals surface area (Å²) in [5, 5.41) is 11.2. The average Bonchev–Trinajstić information content (AvgIpc) is 2.81. The molecule has 0 fully saturated rings. The number of aromatic nitrogens is 4. The number of hydrogen-bond acceptors (Lipinski definition) is 5. The van der Waals surface area contributed by atoms with Crippen molar-refractivity contribution in [2.24, 2.45) is 0 Å². The van der Waals surface area contributed by atoms with Gasteiger partial charge in [-0.3, -0.25) is 4.57 Å². The van der Waals surface area contributed by atoms with Crippen LogP contribution in [0, 0.1) is 0 Å². The van der Waals surface area contributed by atoms with Gasteiger partial charge in [0.05, 0.1) is 0 Å². The summed E-state index contributed by atoms with van der Waals surface area (Å²) in [4.78, 5) is 16.0. The number of H-pyrrole nitrogens is 1. The van der Waals surface area contributed by atoms with Gasteiger partial charge in [0.2, 0.25) is 0 Å². The van der Waals surface area contributed by atoms with E-state index in [9.17, 15) is 4.79 Å². The molecule has 2 aromatic rings. The van der Waals surface area contributed by atoms with Gasteiger partial charge < -0.3 is 5.32 Å². The zero-order valence-electron chi connectivity index (χ0n) is 11.9. The second-order valence-corrected chi connectivity index (χ2v) is 5.49. The zero-order chi connectivity index (χ0) is 14.5. The Morgan fingerprint density at radius 2 is 2.30 bits per heavy atom. The third-order valence-electron chi connectivity index (χ3n) is 3.06. The summed E-state index contributed by atoms with van der Waals surface area (Å²) >= 11 is 1.39. The Hall–Kier alpha value is -1.60. The highest BCUT2D eigenvalue weighted by atomic mass is 32.2. The summed E-state index contributed by atoms with van der Waals surface area (Å²) in [6, 6.07) is 4.25. The molecule has 6 nitrogen and oxygen atoms in total. The highest BCUT2D eigenvalue weighted by Gasteiger charge is 2.10. The van der Waals surface area contributed by atoms with Gasteiger partial charge in [0.1, 0.15) is 5.03 Å². The quantitative estimate of drug-likeness (QED) is 0.849. The van der Waals surface area contributed by atoms with E-state index in [1.807, 2.05) is 32.3 Å². The Labute approximate surface area is 122 Å². The van der Waals surface area contributed by atoms with Crippen LogP contribution in [-0.4, -0.2) is 26.8 Å². The first-order valence-electron chi connectivity index (χ1n) is 6.62. The molecule has 2 aromatic heterocycles. The standard InChI is InChI=1S/C13H19N5OS/c1-4-7-18-12(19)16-17-13(18)20-11-6-5-10(8-15-11)9(2)14-3/h5-6,8-9,14H,4,7H2,1-3H3,(H,16,19). The Morgan fingerprint density at radius 3 is 2.90 bits per heavy atom. The maximum Gasteiger partial charge on any atom is 0.343 e. The van der Waals surface area contributed by atoms with E-state index >= 15 is 0 Å². The number of nitrogens with zero attached hydrogens (tertiary/aromatic N) is 3. The Balaban J connectivity index is 2.16. The second kappa shape index (κ2) is 6.71. The third-order valence-corrected chi connectivity index (χ3v) is 4.00. The summed E-state index contributed by atoms with van der Waals surface area (Å²) in [6.45, 7) is 4.77. The van der Waals surface area contributed by atoms with Crippen LogP contribution in [0.2, 0.25) is 0 Å². The van der Waals surface area contributed by atoms with Crippen LogP contribution in [0.5, 0.6) is 0 Å². The Bertz CT molecular complexity index is 604. The molecule has 108 valence electrons. The van der Waals surface area contributed by atoms with E-state index < -0.39 is 0 Å². The highest BCUT2D eigenvalue weighted by Crippen LogP contribution is 2.24. The molecule has 0 radical (unpaired) electrons. The van der Waals surface area contributed by atoms with E-state index in [4.69, 9.17) is 0 Å². The van der Waals surface area contributed by atoms with Crippen LogP contribution in [0.25, 0.3) is 0 Å². The molecule has 1 unspecified atom stereocenters. The van der Waals surface area contributed by atoms with Crippen LogP contribution in [0.15, 0.2) is 33.3 Å². The normalized spacial score (nSPS) is 12.6. The molecule has 2 rings (SSSR count). The highest BCUT2D eigenvalue weighted by molar-refractivity contribution is 7.99. The fourth-order valence-electron chi connectivity index (χ4n) is 1.77. The Kier molecular flexibility index (Phi) is 4.97.